The van der Waals surface area contributed by atoms with Gasteiger partial charge in [-0.1, -0.05) is 0 Å². The molecule has 4 rings (SSSR count). The zero-order valence-electron chi connectivity index (χ0n) is 15.1. The Morgan fingerprint density at radius 3 is 2.70 bits per heavy atom. The number of nitrogens with one attached hydrogen (secondary N) is 1. The van der Waals surface area contributed by atoms with E-state index in [-0.39, 0.29) is 12.7 Å². The number of carbonyl (C=O) groups excluding carboxylic acids is 1. The van der Waals surface area contributed by atoms with E-state index in [0.29, 0.717) is 23.7 Å². The molecule has 7 nitrogen and oxygen atoms in total. The monoisotopic (exact) mass is 365 g/mol. The van der Waals surface area contributed by atoms with Gasteiger partial charge in [-0.3, -0.25) is 9.48 Å². The van der Waals surface area contributed by atoms with Gasteiger partial charge in [0, 0.05) is 18.3 Å². The first kappa shape index (κ1) is 17.0. The fourth-order valence-corrected chi connectivity index (χ4v) is 2.90. The van der Waals surface area contributed by atoms with Crippen LogP contribution in [0.2, 0.25) is 0 Å². The molecule has 0 atom stereocenters. The number of hydrogen-bond acceptors (Lipinski definition) is 5. The molecule has 1 aliphatic rings. The summed E-state index contributed by atoms with van der Waals surface area (Å²) >= 11 is 0. The Kier molecular flexibility index (Phi) is 4.42. The van der Waals surface area contributed by atoms with E-state index in [0.717, 1.165) is 22.8 Å². The van der Waals surface area contributed by atoms with Crippen molar-refractivity contribution in [2.24, 2.45) is 7.05 Å². The number of nitrogens with zero attached hydrogens (tertiary/aromatic N) is 2. The van der Waals surface area contributed by atoms with Gasteiger partial charge in [-0.2, -0.15) is 5.10 Å². The largest absolute Gasteiger partial charge is 0.494 e. The summed E-state index contributed by atoms with van der Waals surface area (Å²) in [6.45, 7) is 2.75. The molecule has 1 aliphatic heterocycles. The molecule has 1 N–H and O–H groups in total. The van der Waals surface area contributed by atoms with Crippen molar-refractivity contribution in [2.75, 3.05) is 18.7 Å². The van der Waals surface area contributed by atoms with E-state index in [1.807, 2.05) is 37.3 Å². The Labute approximate surface area is 156 Å². The molecule has 2 aromatic carbocycles. The molecule has 0 fully saturated rings. The molecule has 1 amide bonds. The van der Waals surface area contributed by atoms with Crippen molar-refractivity contribution in [3.8, 4) is 28.5 Å². The van der Waals surface area contributed by atoms with Crippen LogP contribution in [0.1, 0.15) is 17.4 Å². The highest BCUT2D eigenvalue weighted by molar-refractivity contribution is 6.03. The van der Waals surface area contributed by atoms with Gasteiger partial charge >= 0.3 is 0 Å². The molecule has 0 bridgehead atoms. The van der Waals surface area contributed by atoms with Crippen LogP contribution in [0.15, 0.2) is 48.5 Å². The van der Waals surface area contributed by atoms with Crippen LogP contribution in [0, 0.1) is 0 Å². The molecule has 27 heavy (non-hydrogen) atoms. The summed E-state index contributed by atoms with van der Waals surface area (Å²) in [5.74, 6) is 1.89. The van der Waals surface area contributed by atoms with Crippen molar-refractivity contribution < 1.29 is 19.0 Å². The van der Waals surface area contributed by atoms with Gasteiger partial charge in [-0.05, 0) is 55.5 Å². The van der Waals surface area contributed by atoms with Crippen LogP contribution in [0.25, 0.3) is 11.3 Å². The lowest BCUT2D eigenvalue weighted by Crippen LogP contribution is -2.12. The van der Waals surface area contributed by atoms with Crippen LogP contribution in [0.4, 0.5) is 5.69 Å². The minimum absolute atomic E-state index is 0.222. The number of aryl methyl sites for hydroxylation is 1. The van der Waals surface area contributed by atoms with Crippen molar-refractivity contribution in [3.63, 3.8) is 0 Å². The highest BCUT2D eigenvalue weighted by atomic mass is 16.7. The maximum absolute atomic E-state index is 12.5. The van der Waals surface area contributed by atoms with Gasteiger partial charge in [0.2, 0.25) is 6.79 Å². The van der Waals surface area contributed by atoms with Crippen LogP contribution in [0.3, 0.4) is 0 Å². The second-order valence-corrected chi connectivity index (χ2v) is 6.02. The van der Waals surface area contributed by atoms with E-state index in [9.17, 15) is 4.79 Å². The Balaban J connectivity index is 1.53. The first-order valence-electron chi connectivity index (χ1n) is 8.62. The molecule has 1 aromatic heterocycles. The topological polar surface area (TPSA) is 74.6 Å². The van der Waals surface area contributed by atoms with Gasteiger partial charge in [-0.15, -0.1) is 0 Å². The minimum Gasteiger partial charge on any atom is -0.494 e. The number of anilines is 1. The zero-order chi connectivity index (χ0) is 18.8. The minimum atomic E-state index is -0.276. The summed E-state index contributed by atoms with van der Waals surface area (Å²) in [7, 11) is 1.80. The number of carbonyl (C=O) groups is 1. The summed E-state index contributed by atoms with van der Waals surface area (Å²) in [5.41, 5.74) is 2.72. The molecular formula is C20H19N3O4. The molecule has 0 saturated carbocycles. The van der Waals surface area contributed by atoms with Gasteiger partial charge in [0.15, 0.2) is 17.2 Å². The number of benzene rings is 2. The van der Waals surface area contributed by atoms with Crippen LogP contribution in [0.5, 0.6) is 17.2 Å². The van der Waals surface area contributed by atoms with Crippen LogP contribution in [-0.4, -0.2) is 29.1 Å². The highest BCUT2D eigenvalue weighted by Crippen LogP contribution is 2.36. The summed E-state index contributed by atoms with van der Waals surface area (Å²) in [4.78, 5) is 12.5. The van der Waals surface area contributed by atoms with Crippen molar-refractivity contribution in [1.29, 1.82) is 0 Å². The quantitative estimate of drug-likeness (QED) is 0.749. The van der Waals surface area contributed by atoms with Crippen LogP contribution in [-0.2, 0) is 7.05 Å². The molecule has 3 aromatic rings. The number of fused-ring (bicyclic) bond motifs is 1. The van der Waals surface area contributed by atoms with Crippen molar-refractivity contribution in [1.82, 2.24) is 9.78 Å². The number of rotatable bonds is 5. The Bertz CT molecular complexity index is 979. The Hall–Kier alpha value is -3.48. The van der Waals surface area contributed by atoms with E-state index in [4.69, 9.17) is 14.2 Å². The maximum atomic E-state index is 12.5. The molecule has 7 heteroatoms. The third kappa shape index (κ3) is 3.44. The number of aromatic nitrogens is 2. The molecule has 0 unspecified atom stereocenters. The molecular weight excluding hydrogens is 346 g/mol. The predicted octanol–water partition coefficient (Wildman–Crippen LogP) is 3.47. The van der Waals surface area contributed by atoms with E-state index in [1.165, 1.54) is 0 Å². The number of ether oxygens (including phenoxy) is 3. The fraction of sp³-hybridized carbons (Fsp3) is 0.200. The van der Waals surface area contributed by atoms with Gasteiger partial charge in [0.1, 0.15) is 5.75 Å². The van der Waals surface area contributed by atoms with Gasteiger partial charge in [-0.25, -0.2) is 0 Å². The molecule has 0 aliphatic carbocycles. The summed E-state index contributed by atoms with van der Waals surface area (Å²) in [6.07, 6.45) is 0. The SMILES string of the molecule is CCOc1ccc(NC(=O)c2cc(-c3ccc4c(c3)OCO4)n(C)n2)cc1. The smallest absolute Gasteiger partial charge is 0.276 e. The fourth-order valence-electron chi connectivity index (χ4n) is 2.90. The van der Waals surface area contributed by atoms with Gasteiger partial charge in [0.05, 0.1) is 12.3 Å². The lowest BCUT2D eigenvalue weighted by atomic mass is 10.1. The average molecular weight is 365 g/mol. The van der Waals surface area contributed by atoms with Crippen LogP contribution >= 0.6 is 0 Å². The van der Waals surface area contributed by atoms with Crippen molar-refractivity contribution in [3.05, 3.63) is 54.2 Å². The zero-order valence-corrected chi connectivity index (χ0v) is 15.1. The average Bonchev–Trinajstić information content (AvgIpc) is 3.29. The van der Waals surface area contributed by atoms with E-state index >= 15 is 0 Å². The summed E-state index contributed by atoms with van der Waals surface area (Å²) in [5, 5.41) is 7.18. The maximum Gasteiger partial charge on any atom is 0.276 e. The van der Waals surface area contributed by atoms with Crippen molar-refractivity contribution in [2.45, 2.75) is 6.92 Å². The van der Waals surface area contributed by atoms with Gasteiger partial charge in [0.25, 0.3) is 5.91 Å². The van der Waals surface area contributed by atoms with Crippen LogP contribution < -0.4 is 19.5 Å². The second-order valence-electron chi connectivity index (χ2n) is 6.02. The predicted molar refractivity (Wildman–Crippen MR) is 100 cm³/mol. The third-order valence-corrected chi connectivity index (χ3v) is 4.20. The Morgan fingerprint density at radius 2 is 1.93 bits per heavy atom. The van der Waals surface area contributed by atoms with E-state index in [2.05, 4.69) is 10.4 Å². The number of hydrogen-bond donors (Lipinski definition) is 1. The Morgan fingerprint density at radius 1 is 1.15 bits per heavy atom. The number of amides is 1. The standard InChI is InChI=1S/C20H19N3O4/c1-3-25-15-7-5-14(6-8-15)21-20(24)16-11-17(23(2)22-16)13-4-9-18-19(10-13)27-12-26-18/h4-11H,3,12H2,1-2H3,(H,21,24). The first-order valence-corrected chi connectivity index (χ1v) is 8.62. The molecule has 2 heterocycles. The molecule has 138 valence electrons. The summed E-state index contributed by atoms with van der Waals surface area (Å²) in [6, 6.07) is 14.6. The molecule has 0 saturated heterocycles. The lowest BCUT2D eigenvalue weighted by Gasteiger charge is -2.05. The molecule has 0 spiro atoms. The van der Waals surface area contributed by atoms with Crippen molar-refractivity contribution >= 4 is 11.6 Å². The highest BCUT2D eigenvalue weighted by Gasteiger charge is 2.18. The summed E-state index contributed by atoms with van der Waals surface area (Å²) < 4.78 is 17.8. The van der Waals surface area contributed by atoms with E-state index < -0.39 is 0 Å². The second kappa shape index (κ2) is 7.03. The molecule has 0 radical (unpaired) electrons. The van der Waals surface area contributed by atoms with Gasteiger partial charge < -0.3 is 19.5 Å². The lowest BCUT2D eigenvalue weighted by molar-refractivity contribution is 0.102. The van der Waals surface area contributed by atoms with E-state index in [1.54, 1.807) is 29.9 Å². The third-order valence-electron chi connectivity index (χ3n) is 4.20. The normalized spacial score (nSPS) is 12.1. The first-order chi connectivity index (χ1) is 13.1.